The van der Waals surface area contributed by atoms with Gasteiger partial charge in [0, 0.05) is 30.8 Å². The van der Waals surface area contributed by atoms with Gasteiger partial charge in [0.05, 0.1) is 6.07 Å². The minimum Gasteiger partial charge on any atom is -0.384 e. The second-order valence-corrected chi connectivity index (χ2v) is 6.07. The van der Waals surface area contributed by atoms with Gasteiger partial charge in [-0.05, 0) is 43.4 Å². The summed E-state index contributed by atoms with van der Waals surface area (Å²) in [5.41, 5.74) is 2.80. The quantitative estimate of drug-likeness (QED) is 0.807. The molecule has 0 spiro atoms. The van der Waals surface area contributed by atoms with Crippen molar-refractivity contribution in [3.05, 3.63) is 29.3 Å². The fraction of sp³-hybridized carbons (Fsp3) is 0.529. The Morgan fingerprint density at radius 3 is 2.71 bits per heavy atom. The summed E-state index contributed by atoms with van der Waals surface area (Å²) in [4.78, 5) is 11.9. The van der Waals surface area contributed by atoms with E-state index in [1.54, 1.807) is 0 Å². The average Bonchev–Trinajstić information content (AvgIpc) is 2.44. The molecule has 0 aliphatic heterocycles. The number of hydrogen-bond donors (Lipinski definition) is 2. The largest absolute Gasteiger partial charge is 0.384 e. The van der Waals surface area contributed by atoms with Gasteiger partial charge >= 0.3 is 0 Å². The lowest BCUT2D eigenvalue weighted by Crippen LogP contribution is -2.24. The van der Waals surface area contributed by atoms with Crippen LogP contribution in [-0.4, -0.2) is 19.0 Å². The molecule has 0 aliphatic rings. The molecule has 0 fully saturated rings. The number of amides is 1. The predicted molar refractivity (Wildman–Crippen MR) is 86.3 cm³/mol. The Kier molecular flexibility index (Phi) is 6.23. The smallest absolute Gasteiger partial charge is 0.251 e. The maximum Gasteiger partial charge on any atom is 0.251 e. The lowest BCUT2D eigenvalue weighted by molar-refractivity contribution is 0.0956. The minimum atomic E-state index is -0.0516. The first-order chi connectivity index (χ1) is 9.89. The first-order valence-electron chi connectivity index (χ1n) is 7.39. The molecular weight excluding hydrogens is 262 g/mol. The van der Waals surface area contributed by atoms with Gasteiger partial charge in [0.15, 0.2) is 0 Å². The van der Waals surface area contributed by atoms with Crippen LogP contribution in [0, 0.1) is 23.7 Å². The van der Waals surface area contributed by atoms with Crippen molar-refractivity contribution in [3.63, 3.8) is 0 Å². The number of nitriles is 1. The van der Waals surface area contributed by atoms with Crippen molar-refractivity contribution in [2.24, 2.45) is 5.41 Å². The molecule has 4 heteroatoms. The van der Waals surface area contributed by atoms with Gasteiger partial charge in [-0.25, -0.2) is 0 Å². The van der Waals surface area contributed by atoms with E-state index in [1.807, 2.05) is 32.0 Å². The molecule has 2 N–H and O–H groups in total. The molecule has 0 bridgehead atoms. The standard InChI is InChI=1S/C17H25N3O/c1-5-19-16(21)14-8-7-13(2)15(11-14)20-12-17(3,4)9-6-10-18/h7-8,11,20H,5-6,9,12H2,1-4H3,(H,19,21). The summed E-state index contributed by atoms with van der Waals surface area (Å²) in [7, 11) is 0. The summed E-state index contributed by atoms with van der Waals surface area (Å²) < 4.78 is 0. The summed E-state index contributed by atoms with van der Waals surface area (Å²) in [6.07, 6.45) is 1.41. The van der Waals surface area contributed by atoms with Crippen molar-refractivity contribution in [2.45, 2.75) is 40.5 Å². The Morgan fingerprint density at radius 1 is 1.38 bits per heavy atom. The van der Waals surface area contributed by atoms with Gasteiger partial charge < -0.3 is 10.6 Å². The van der Waals surface area contributed by atoms with Crippen molar-refractivity contribution in [1.29, 1.82) is 5.26 Å². The number of nitrogens with one attached hydrogen (secondary N) is 2. The van der Waals surface area contributed by atoms with Crippen LogP contribution in [0.3, 0.4) is 0 Å². The number of benzene rings is 1. The Bertz CT molecular complexity index is 529. The molecule has 0 atom stereocenters. The predicted octanol–water partition coefficient (Wildman–Crippen LogP) is 3.49. The highest BCUT2D eigenvalue weighted by Gasteiger charge is 2.17. The number of carbonyl (C=O) groups is 1. The summed E-state index contributed by atoms with van der Waals surface area (Å²) >= 11 is 0. The van der Waals surface area contributed by atoms with Crippen molar-refractivity contribution in [2.75, 3.05) is 18.4 Å². The monoisotopic (exact) mass is 287 g/mol. The van der Waals surface area contributed by atoms with Gasteiger partial charge in [0.1, 0.15) is 0 Å². The third kappa shape index (κ3) is 5.47. The number of aryl methyl sites for hydroxylation is 1. The van der Waals surface area contributed by atoms with Crippen molar-refractivity contribution in [1.82, 2.24) is 5.32 Å². The van der Waals surface area contributed by atoms with E-state index in [0.29, 0.717) is 18.5 Å². The second kappa shape index (κ2) is 7.68. The van der Waals surface area contributed by atoms with Gasteiger partial charge in [0.2, 0.25) is 0 Å². The molecule has 114 valence electrons. The first-order valence-corrected chi connectivity index (χ1v) is 7.39. The molecule has 1 amide bonds. The lowest BCUT2D eigenvalue weighted by atomic mass is 9.88. The van der Waals surface area contributed by atoms with E-state index in [4.69, 9.17) is 5.26 Å². The number of carbonyl (C=O) groups excluding carboxylic acids is 1. The summed E-state index contributed by atoms with van der Waals surface area (Å²) in [6.45, 7) is 9.60. The zero-order valence-corrected chi connectivity index (χ0v) is 13.4. The highest BCUT2D eigenvalue weighted by molar-refractivity contribution is 5.95. The van der Waals surface area contributed by atoms with Crippen LogP contribution in [0.1, 0.15) is 49.5 Å². The number of nitrogens with zero attached hydrogens (tertiary/aromatic N) is 1. The van der Waals surface area contributed by atoms with Crippen LogP contribution < -0.4 is 10.6 Å². The zero-order chi connectivity index (χ0) is 15.9. The molecule has 0 aliphatic carbocycles. The van der Waals surface area contributed by atoms with Crippen LogP contribution >= 0.6 is 0 Å². The minimum absolute atomic E-state index is 0.0455. The van der Waals surface area contributed by atoms with Crippen molar-refractivity contribution >= 4 is 11.6 Å². The average molecular weight is 287 g/mol. The molecular formula is C17H25N3O. The Morgan fingerprint density at radius 2 is 2.10 bits per heavy atom. The molecule has 4 nitrogen and oxygen atoms in total. The van der Waals surface area contributed by atoms with Gasteiger partial charge in [-0.1, -0.05) is 19.9 Å². The van der Waals surface area contributed by atoms with E-state index in [0.717, 1.165) is 24.2 Å². The zero-order valence-electron chi connectivity index (χ0n) is 13.4. The van der Waals surface area contributed by atoms with E-state index >= 15 is 0 Å². The molecule has 0 aromatic heterocycles. The molecule has 1 aromatic carbocycles. The Hall–Kier alpha value is -2.02. The Labute approximate surface area is 127 Å². The number of anilines is 1. The van der Waals surface area contributed by atoms with E-state index < -0.39 is 0 Å². The van der Waals surface area contributed by atoms with Gasteiger partial charge in [-0.15, -0.1) is 0 Å². The van der Waals surface area contributed by atoms with E-state index in [-0.39, 0.29) is 11.3 Å². The number of hydrogen-bond acceptors (Lipinski definition) is 3. The Balaban J connectivity index is 2.77. The summed E-state index contributed by atoms with van der Waals surface area (Å²) in [5, 5.41) is 14.9. The maximum atomic E-state index is 11.9. The second-order valence-electron chi connectivity index (χ2n) is 6.07. The molecule has 0 heterocycles. The highest BCUT2D eigenvalue weighted by atomic mass is 16.1. The molecule has 1 aromatic rings. The van der Waals surface area contributed by atoms with Crippen molar-refractivity contribution in [3.8, 4) is 6.07 Å². The van der Waals surface area contributed by atoms with Crippen molar-refractivity contribution < 1.29 is 4.79 Å². The van der Waals surface area contributed by atoms with E-state index in [9.17, 15) is 4.79 Å². The van der Waals surface area contributed by atoms with Gasteiger partial charge in [-0.2, -0.15) is 5.26 Å². The molecule has 0 unspecified atom stereocenters. The van der Waals surface area contributed by atoms with Crippen LogP contribution in [0.5, 0.6) is 0 Å². The third-order valence-corrected chi connectivity index (χ3v) is 3.51. The maximum absolute atomic E-state index is 11.9. The SMILES string of the molecule is CCNC(=O)c1ccc(C)c(NCC(C)(C)CCC#N)c1. The number of rotatable bonds is 7. The van der Waals surface area contributed by atoms with E-state index in [2.05, 4.69) is 30.6 Å². The third-order valence-electron chi connectivity index (χ3n) is 3.51. The lowest BCUT2D eigenvalue weighted by Gasteiger charge is -2.25. The van der Waals surface area contributed by atoms with Crippen LogP contribution in [0.2, 0.25) is 0 Å². The summed E-state index contributed by atoms with van der Waals surface area (Å²) in [6, 6.07) is 7.87. The summed E-state index contributed by atoms with van der Waals surface area (Å²) in [5.74, 6) is -0.0516. The van der Waals surface area contributed by atoms with Gasteiger partial charge in [-0.3, -0.25) is 4.79 Å². The fourth-order valence-corrected chi connectivity index (χ4v) is 2.03. The highest BCUT2D eigenvalue weighted by Crippen LogP contribution is 2.24. The molecule has 0 saturated carbocycles. The molecule has 0 saturated heterocycles. The molecule has 21 heavy (non-hydrogen) atoms. The topological polar surface area (TPSA) is 64.9 Å². The normalized spacial score (nSPS) is 10.8. The molecule has 1 rings (SSSR count). The van der Waals surface area contributed by atoms with Crippen LogP contribution in [0.15, 0.2) is 18.2 Å². The van der Waals surface area contributed by atoms with Crippen LogP contribution in [0.4, 0.5) is 5.69 Å². The van der Waals surface area contributed by atoms with Gasteiger partial charge in [0.25, 0.3) is 5.91 Å². The first kappa shape index (κ1) is 17.0. The van der Waals surface area contributed by atoms with E-state index in [1.165, 1.54) is 0 Å². The fourth-order valence-electron chi connectivity index (χ4n) is 2.03. The molecule has 0 radical (unpaired) electrons. The van der Waals surface area contributed by atoms with Crippen LogP contribution in [0.25, 0.3) is 0 Å². The van der Waals surface area contributed by atoms with Crippen LogP contribution in [-0.2, 0) is 0 Å².